The molecule has 1 unspecified atom stereocenters. The van der Waals surface area contributed by atoms with E-state index in [1.165, 1.54) is 15.7 Å². The monoisotopic (exact) mass is 332 g/mol. The minimum atomic E-state index is -0.582. The van der Waals surface area contributed by atoms with Crippen molar-refractivity contribution in [3.8, 4) is 5.88 Å². The lowest BCUT2D eigenvalue weighted by atomic mass is 10.0. The quantitative estimate of drug-likeness (QED) is 0.750. The molecule has 0 bridgehead atoms. The fourth-order valence-corrected chi connectivity index (χ4v) is 3.08. The van der Waals surface area contributed by atoms with Crippen molar-refractivity contribution in [1.29, 1.82) is 0 Å². The van der Waals surface area contributed by atoms with Gasteiger partial charge in [-0.3, -0.25) is 4.79 Å². The summed E-state index contributed by atoms with van der Waals surface area (Å²) in [6.45, 7) is 1.31. The maximum absolute atomic E-state index is 12.3. The highest BCUT2D eigenvalue weighted by molar-refractivity contribution is 5.78. The molecule has 0 aromatic carbocycles. The number of carbonyl (C=O) groups is 2. The molecule has 2 saturated heterocycles. The van der Waals surface area contributed by atoms with Crippen LogP contribution < -0.4 is 4.74 Å². The molecule has 4 heterocycles. The second kappa shape index (κ2) is 5.32. The molecule has 1 spiro atoms. The van der Waals surface area contributed by atoms with Crippen molar-refractivity contribution in [1.82, 2.24) is 29.6 Å². The highest BCUT2D eigenvalue weighted by Crippen LogP contribution is 2.31. The molecular formula is C14H16N6O4. The summed E-state index contributed by atoms with van der Waals surface area (Å²) in [5.41, 5.74) is 0.0172. The molecule has 10 heteroatoms. The van der Waals surface area contributed by atoms with Crippen molar-refractivity contribution in [2.45, 2.75) is 12.0 Å². The summed E-state index contributed by atoms with van der Waals surface area (Å²) in [6, 6.07) is 3.34. The third kappa shape index (κ3) is 2.49. The third-order valence-electron chi connectivity index (χ3n) is 4.29. The van der Waals surface area contributed by atoms with Crippen molar-refractivity contribution < 1.29 is 19.1 Å². The molecule has 126 valence electrons. The molecule has 2 amide bonds. The predicted octanol–water partition coefficient (Wildman–Crippen LogP) is -0.444. The van der Waals surface area contributed by atoms with Gasteiger partial charge < -0.3 is 19.3 Å². The lowest BCUT2D eigenvalue weighted by Crippen LogP contribution is -2.40. The van der Waals surface area contributed by atoms with E-state index in [1.807, 2.05) is 0 Å². The Hall–Kier alpha value is -2.91. The molecule has 2 aromatic heterocycles. The molecular weight excluding hydrogens is 316 g/mol. The Kier molecular flexibility index (Phi) is 3.25. The van der Waals surface area contributed by atoms with Gasteiger partial charge in [-0.1, -0.05) is 0 Å². The van der Waals surface area contributed by atoms with Crippen LogP contribution in [0, 0.1) is 0 Å². The summed E-state index contributed by atoms with van der Waals surface area (Å²) >= 11 is 0. The minimum absolute atomic E-state index is 0.125. The van der Waals surface area contributed by atoms with Crippen LogP contribution in [0.3, 0.4) is 0 Å². The minimum Gasteiger partial charge on any atom is -0.467 e. The van der Waals surface area contributed by atoms with E-state index in [0.29, 0.717) is 37.6 Å². The molecule has 0 saturated carbocycles. The van der Waals surface area contributed by atoms with E-state index in [-0.39, 0.29) is 18.6 Å². The first-order valence-corrected chi connectivity index (χ1v) is 7.56. The van der Waals surface area contributed by atoms with Gasteiger partial charge in [-0.15, -0.1) is 15.3 Å². The van der Waals surface area contributed by atoms with E-state index >= 15 is 0 Å². The standard InChI is InChI=1S/C14H16N6O4/c1-18-7-14(24-13(18)22)4-5-19(8-14)12(21)6-23-11-3-2-10-16-15-9-20(10)17-11/h2-3,9H,4-8H2,1H3. The zero-order valence-corrected chi connectivity index (χ0v) is 13.1. The van der Waals surface area contributed by atoms with Crippen LogP contribution in [0.2, 0.25) is 0 Å². The van der Waals surface area contributed by atoms with Gasteiger partial charge in [0.1, 0.15) is 6.33 Å². The summed E-state index contributed by atoms with van der Waals surface area (Å²) in [5.74, 6) is 0.153. The molecule has 1 atom stereocenters. The molecule has 10 nitrogen and oxygen atoms in total. The zero-order valence-electron chi connectivity index (χ0n) is 13.1. The Morgan fingerprint density at radius 2 is 2.29 bits per heavy atom. The van der Waals surface area contributed by atoms with Gasteiger partial charge in [0, 0.05) is 26.1 Å². The Labute approximate surface area is 136 Å². The van der Waals surface area contributed by atoms with Gasteiger partial charge in [0.15, 0.2) is 17.9 Å². The van der Waals surface area contributed by atoms with Gasteiger partial charge >= 0.3 is 6.09 Å². The summed E-state index contributed by atoms with van der Waals surface area (Å²) in [6.07, 6.45) is 1.76. The third-order valence-corrected chi connectivity index (χ3v) is 4.29. The molecule has 2 aliphatic rings. The zero-order chi connectivity index (χ0) is 16.7. The molecule has 0 radical (unpaired) electrons. The van der Waals surface area contributed by atoms with Gasteiger partial charge in [0.25, 0.3) is 5.91 Å². The van der Waals surface area contributed by atoms with E-state index in [1.54, 1.807) is 24.1 Å². The highest BCUT2D eigenvalue weighted by Gasteiger charge is 2.49. The van der Waals surface area contributed by atoms with Crippen LogP contribution in [0.15, 0.2) is 18.5 Å². The first-order valence-electron chi connectivity index (χ1n) is 7.56. The van der Waals surface area contributed by atoms with E-state index in [2.05, 4.69) is 15.3 Å². The number of rotatable bonds is 3. The second-order valence-electron chi connectivity index (χ2n) is 6.07. The molecule has 0 aliphatic carbocycles. The summed E-state index contributed by atoms with van der Waals surface area (Å²) < 4.78 is 12.4. The van der Waals surface area contributed by atoms with Crippen LogP contribution in [0.1, 0.15) is 6.42 Å². The average Bonchev–Trinajstić information content (AvgIpc) is 3.25. The van der Waals surface area contributed by atoms with Crippen LogP contribution in [-0.4, -0.2) is 80.5 Å². The number of amides is 2. The number of carbonyl (C=O) groups excluding carboxylic acids is 2. The molecule has 2 fully saturated rings. The van der Waals surface area contributed by atoms with Gasteiger partial charge in [0.05, 0.1) is 13.1 Å². The maximum atomic E-state index is 12.3. The molecule has 2 aliphatic heterocycles. The first-order chi connectivity index (χ1) is 11.5. The van der Waals surface area contributed by atoms with Gasteiger partial charge in [-0.25, -0.2) is 4.79 Å². The Morgan fingerprint density at radius 1 is 1.42 bits per heavy atom. The van der Waals surface area contributed by atoms with E-state index in [0.717, 1.165) is 0 Å². The molecule has 24 heavy (non-hydrogen) atoms. The van der Waals surface area contributed by atoms with Crippen LogP contribution in [0.4, 0.5) is 4.79 Å². The Bertz CT molecular complexity index is 807. The predicted molar refractivity (Wildman–Crippen MR) is 79.3 cm³/mol. The Balaban J connectivity index is 1.36. The largest absolute Gasteiger partial charge is 0.467 e. The van der Waals surface area contributed by atoms with Crippen molar-refractivity contribution in [3.05, 3.63) is 18.5 Å². The lowest BCUT2D eigenvalue weighted by Gasteiger charge is -2.21. The van der Waals surface area contributed by atoms with Crippen molar-refractivity contribution in [2.24, 2.45) is 0 Å². The topological polar surface area (TPSA) is 102 Å². The SMILES string of the molecule is CN1CC2(CCN(C(=O)COc3ccc4nncn4n3)C2)OC1=O. The van der Waals surface area contributed by atoms with Crippen LogP contribution >= 0.6 is 0 Å². The van der Waals surface area contributed by atoms with E-state index < -0.39 is 5.60 Å². The first kappa shape index (κ1) is 14.7. The van der Waals surface area contributed by atoms with Gasteiger partial charge in [-0.2, -0.15) is 4.52 Å². The van der Waals surface area contributed by atoms with Crippen LogP contribution in [0.5, 0.6) is 5.88 Å². The molecule has 0 N–H and O–H groups in total. The molecule has 2 aromatic rings. The fourth-order valence-electron chi connectivity index (χ4n) is 3.08. The van der Waals surface area contributed by atoms with E-state index in [9.17, 15) is 9.59 Å². The van der Waals surface area contributed by atoms with Crippen LogP contribution in [0.25, 0.3) is 5.65 Å². The fraction of sp³-hybridized carbons (Fsp3) is 0.500. The number of ether oxygens (including phenoxy) is 2. The lowest BCUT2D eigenvalue weighted by molar-refractivity contribution is -0.133. The number of hydrogen-bond donors (Lipinski definition) is 0. The summed E-state index contributed by atoms with van der Waals surface area (Å²) in [4.78, 5) is 27.1. The average molecular weight is 332 g/mol. The van der Waals surface area contributed by atoms with Crippen molar-refractivity contribution >= 4 is 17.6 Å². The highest BCUT2D eigenvalue weighted by atomic mass is 16.6. The van der Waals surface area contributed by atoms with E-state index in [4.69, 9.17) is 9.47 Å². The smallest absolute Gasteiger partial charge is 0.410 e. The number of fused-ring (bicyclic) bond motifs is 1. The Morgan fingerprint density at radius 3 is 3.08 bits per heavy atom. The number of hydrogen-bond acceptors (Lipinski definition) is 7. The number of nitrogens with zero attached hydrogens (tertiary/aromatic N) is 6. The van der Waals surface area contributed by atoms with Crippen LogP contribution in [-0.2, 0) is 9.53 Å². The summed E-state index contributed by atoms with van der Waals surface area (Å²) in [7, 11) is 1.69. The second-order valence-corrected chi connectivity index (χ2v) is 6.07. The number of aromatic nitrogens is 4. The summed E-state index contributed by atoms with van der Waals surface area (Å²) in [5, 5.41) is 11.7. The number of likely N-dealkylation sites (tertiary alicyclic amines) is 1. The molecule has 4 rings (SSSR count). The maximum Gasteiger partial charge on any atom is 0.410 e. The van der Waals surface area contributed by atoms with Crippen molar-refractivity contribution in [2.75, 3.05) is 33.3 Å². The number of likely N-dealkylation sites (N-methyl/N-ethyl adjacent to an activating group) is 1. The van der Waals surface area contributed by atoms with Crippen molar-refractivity contribution in [3.63, 3.8) is 0 Å². The van der Waals surface area contributed by atoms with Gasteiger partial charge in [-0.05, 0) is 6.07 Å². The normalized spacial score (nSPS) is 23.3. The van der Waals surface area contributed by atoms with Gasteiger partial charge in [0.2, 0.25) is 5.88 Å².